The first kappa shape index (κ1) is 12.4. The van der Waals surface area contributed by atoms with E-state index in [4.69, 9.17) is 9.47 Å². The van der Waals surface area contributed by atoms with Gasteiger partial charge >= 0.3 is 0 Å². The molecular formula is C12H18O2S. The number of hydrogen-bond donors (Lipinski definition) is 1. The van der Waals surface area contributed by atoms with Crippen LogP contribution in [0, 0.1) is 0 Å². The van der Waals surface area contributed by atoms with Crippen molar-refractivity contribution in [3.63, 3.8) is 0 Å². The maximum atomic E-state index is 5.54. The van der Waals surface area contributed by atoms with Gasteiger partial charge in [-0.1, -0.05) is 6.07 Å². The third-order valence-electron chi connectivity index (χ3n) is 1.70. The second-order valence-corrected chi connectivity index (χ2v) is 4.82. The predicted octanol–water partition coefficient (Wildman–Crippen LogP) is 3.17. The summed E-state index contributed by atoms with van der Waals surface area (Å²) in [6.07, 6.45) is 0. The summed E-state index contributed by atoms with van der Waals surface area (Å²) in [7, 11) is 0. The van der Waals surface area contributed by atoms with Gasteiger partial charge in [0.1, 0.15) is 12.4 Å². The van der Waals surface area contributed by atoms with Crippen molar-refractivity contribution in [2.24, 2.45) is 0 Å². The summed E-state index contributed by atoms with van der Waals surface area (Å²) in [6.45, 7) is 7.25. The Morgan fingerprint density at radius 2 is 1.93 bits per heavy atom. The van der Waals surface area contributed by atoms with Crippen LogP contribution < -0.4 is 4.74 Å². The molecule has 0 saturated heterocycles. The summed E-state index contributed by atoms with van der Waals surface area (Å²) < 4.78 is 11.0. The quantitative estimate of drug-likeness (QED) is 0.628. The van der Waals surface area contributed by atoms with Gasteiger partial charge in [-0.15, -0.1) is 12.6 Å². The van der Waals surface area contributed by atoms with Crippen molar-refractivity contribution in [1.82, 2.24) is 0 Å². The fourth-order valence-corrected chi connectivity index (χ4v) is 1.29. The highest BCUT2D eigenvalue weighted by Gasteiger charge is 2.09. The van der Waals surface area contributed by atoms with Crippen LogP contribution in [0.15, 0.2) is 29.2 Å². The van der Waals surface area contributed by atoms with E-state index in [-0.39, 0.29) is 5.60 Å². The molecule has 0 amide bonds. The third kappa shape index (κ3) is 5.70. The van der Waals surface area contributed by atoms with Crippen molar-refractivity contribution < 1.29 is 9.47 Å². The van der Waals surface area contributed by atoms with Gasteiger partial charge in [0, 0.05) is 4.90 Å². The zero-order valence-electron chi connectivity index (χ0n) is 9.49. The van der Waals surface area contributed by atoms with Crippen LogP contribution in [0.4, 0.5) is 0 Å². The Bertz CT molecular complexity index is 305. The summed E-state index contributed by atoms with van der Waals surface area (Å²) in [5, 5.41) is 0. The van der Waals surface area contributed by atoms with Crippen molar-refractivity contribution in [2.45, 2.75) is 31.3 Å². The molecule has 0 aliphatic rings. The molecule has 0 bridgehead atoms. The van der Waals surface area contributed by atoms with Crippen molar-refractivity contribution in [2.75, 3.05) is 13.2 Å². The first-order chi connectivity index (χ1) is 6.97. The second-order valence-electron chi connectivity index (χ2n) is 4.31. The van der Waals surface area contributed by atoms with Crippen LogP contribution in [-0.2, 0) is 4.74 Å². The molecule has 1 aromatic carbocycles. The van der Waals surface area contributed by atoms with Gasteiger partial charge in [0.05, 0.1) is 12.2 Å². The van der Waals surface area contributed by atoms with E-state index in [2.05, 4.69) is 12.6 Å². The number of benzene rings is 1. The molecule has 0 fully saturated rings. The molecular weight excluding hydrogens is 208 g/mol. The number of thiol groups is 1. The van der Waals surface area contributed by atoms with Gasteiger partial charge in [-0.2, -0.15) is 0 Å². The molecule has 0 aromatic heterocycles. The molecule has 2 nitrogen and oxygen atoms in total. The van der Waals surface area contributed by atoms with Crippen LogP contribution in [-0.4, -0.2) is 18.8 Å². The fourth-order valence-electron chi connectivity index (χ4n) is 1.08. The van der Waals surface area contributed by atoms with E-state index in [9.17, 15) is 0 Å². The average molecular weight is 226 g/mol. The minimum Gasteiger partial charge on any atom is -0.491 e. The van der Waals surface area contributed by atoms with Gasteiger partial charge in [-0.3, -0.25) is 0 Å². The van der Waals surface area contributed by atoms with Gasteiger partial charge in [-0.05, 0) is 39.0 Å². The van der Waals surface area contributed by atoms with Gasteiger partial charge < -0.3 is 9.47 Å². The Morgan fingerprint density at radius 1 is 1.20 bits per heavy atom. The van der Waals surface area contributed by atoms with Crippen LogP contribution in [0.3, 0.4) is 0 Å². The molecule has 84 valence electrons. The summed E-state index contributed by atoms with van der Waals surface area (Å²) in [5.74, 6) is 0.833. The summed E-state index contributed by atoms with van der Waals surface area (Å²) in [5.41, 5.74) is -0.102. The number of rotatable bonds is 4. The summed E-state index contributed by atoms with van der Waals surface area (Å²) >= 11 is 4.23. The average Bonchev–Trinajstić information content (AvgIpc) is 2.11. The van der Waals surface area contributed by atoms with Crippen LogP contribution in [0.25, 0.3) is 0 Å². The van der Waals surface area contributed by atoms with Gasteiger partial charge in [-0.25, -0.2) is 0 Å². The Kier molecular flexibility index (Phi) is 4.48. The van der Waals surface area contributed by atoms with E-state index in [1.165, 1.54) is 0 Å². The lowest BCUT2D eigenvalue weighted by Crippen LogP contribution is -2.22. The molecule has 1 aromatic rings. The molecule has 0 saturated carbocycles. The molecule has 0 radical (unpaired) electrons. The van der Waals surface area contributed by atoms with Crippen molar-refractivity contribution >= 4 is 12.6 Å². The van der Waals surface area contributed by atoms with Crippen molar-refractivity contribution in [1.29, 1.82) is 0 Å². The molecule has 0 N–H and O–H groups in total. The molecule has 0 heterocycles. The molecule has 1 rings (SSSR count). The topological polar surface area (TPSA) is 18.5 Å². The maximum absolute atomic E-state index is 5.54. The predicted molar refractivity (Wildman–Crippen MR) is 64.9 cm³/mol. The number of ether oxygens (including phenoxy) is 2. The first-order valence-electron chi connectivity index (χ1n) is 5.03. The van der Waals surface area contributed by atoms with E-state index in [0.717, 1.165) is 10.6 Å². The second kappa shape index (κ2) is 5.42. The Morgan fingerprint density at radius 3 is 2.53 bits per heavy atom. The van der Waals surface area contributed by atoms with Crippen LogP contribution in [0.1, 0.15) is 20.8 Å². The van der Waals surface area contributed by atoms with E-state index in [1.807, 2.05) is 45.0 Å². The van der Waals surface area contributed by atoms with Crippen LogP contribution in [0.5, 0.6) is 5.75 Å². The van der Waals surface area contributed by atoms with Gasteiger partial charge in [0.25, 0.3) is 0 Å². The highest BCUT2D eigenvalue weighted by Crippen LogP contribution is 2.15. The van der Waals surface area contributed by atoms with Crippen LogP contribution in [0.2, 0.25) is 0 Å². The standard InChI is InChI=1S/C12H18O2S/c1-12(2,3)14-8-7-13-10-5-4-6-11(15)9-10/h4-6,9,15H,7-8H2,1-3H3. The molecule has 15 heavy (non-hydrogen) atoms. The zero-order chi connectivity index (χ0) is 11.3. The fraction of sp³-hybridized carbons (Fsp3) is 0.500. The summed E-state index contributed by atoms with van der Waals surface area (Å²) in [4.78, 5) is 0.907. The van der Waals surface area contributed by atoms with Crippen LogP contribution >= 0.6 is 12.6 Å². The monoisotopic (exact) mass is 226 g/mol. The normalized spacial score (nSPS) is 11.5. The Hall–Kier alpha value is -0.670. The maximum Gasteiger partial charge on any atom is 0.120 e. The third-order valence-corrected chi connectivity index (χ3v) is 1.98. The van der Waals surface area contributed by atoms with Gasteiger partial charge in [0.15, 0.2) is 0 Å². The molecule has 0 spiro atoms. The van der Waals surface area contributed by atoms with Gasteiger partial charge in [0.2, 0.25) is 0 Å². The molecule has 0 unspecified atom stereocenters. The molecule has 3 heteroatoms. The first-order valence-corrected chi connectivity index (χ1v) is 5.48. The Labute approximate surface area is 97.0 Å². The zero-order valence-corrected chi connectivity index (χ0v) is 10.4. The van der Waals surface area contributed by atoms with E-state index < -0.39 is 0 Å². The van der Waals surface area contributed by atoms with E-state index in [1.54, 1.807) is 0 Å². The lowest BCUT2D eigenvalue weighted by atomic mass is 10.2. The van der Waals surface area contributed by atoms with Crippen molar-refractivity contribution in [3.05, 3.63) is 24.3 Å². The largest absolute Gasteiger partial charge is 0.491 e. The van der Waals surface area contributed by atoms with E-state index in [0.29, 0.717) is 13.2 Å². The summed E-state index contributed by atoms with van der Waals surface area (Å²) in [6, 6.07) is 7.64. The minimum absolute atomic E-state index is 0.102. The minimum atomic E-state index is -0.102. The lowest BCUT2D eigenvalue weighted by Gasteiger charge is -2.19. The highest BCUT2D eigenvalue weighted by atomic mass is 32.1. The molecule has 0 atom stereocenters. The molecule has 0 aliphatic carbocycles. The van der Waals surface area contributed by atoms with Crippen molar-refractivity contribution in [3.8, 4) is 5.75 Å². The highest BCUT2D eigenvalue weighted by molar-refractivity contribution is 7.80. The molecule has 0 aliphatic heterocycles. The smallest absolute Gasteiger partial charge is 0.120 e. The Balaban J connectivity index is 2.26. The lowest BCUT2D eigenvalue weighted by molar-refractivity contribution is -0.0163. The van der Waals surface area contributed by atoms with E-state index >= 15 is 0 Å². The SMILES string of the molecule is CC(C)(C)OCCOc1cccc(S)c1. The number of hydrogen-bond acceptors (Lipinski definition) is 3.